The topological polar surface area (TPSA) is 86.0 Å². The molecular formula is C19H20O6. The zero-order chi connectivity index (χ0) is 18.4. The summed E-state index contributed by atoms with van der Waals surface area (Å²) in [6.07, 6.45) is -0.0897. The number of carbonyl (C=O) groups is 1. The summed E-state index contributed by atoms with van der Waals surface area (Å²) < 4.78 is 16.5. The lowest BCUT2D eigenvalue weighted by Gasteiger charge is -2.32. The van der Waals surface area contributed by atoms with Gasteiger partial charge in [-0.2, -0.15) is 0 Å². The fraction of sp³-hybridized carbons (Fsp3) is 0.368. The van der Waals surface area contributed by atoms with Gasteiger partial charge in [-0.05, 0) is 39.8 Å². The van der Waals surface area contributed by atoms with Crippen molar-refractivity contribution >= 4 is 16.9 Å². The number of benzene rings is 1. The van der Waals surface area contributed by atoms with Crippen molar-refractivity contribution in [2.45, 2.75) is 45.5 Å². The minimum Gasteiger partial charge on any atom is -0.483 e. The Kier molecular flexibility index (Phi) is 4.16. The maximum Gasteiger partial charge on any atom is 0.336 e. The maximum absolute atomic E-state index is 12.1. The van der Waals surface area contributed by atoms with E-state index in [1.165, 1.54) is 6.07 Å². The summed E-state index contributed by atoms with van der Waals surface area (Å²) in [6, 6.07) is 6.24. The molecule has 1 aliphatic heterocycles. The Labute approximate surface area is 144 Å². The summed E-state index contributed by atoms with van der Waals surface area (Å²) in [6.45, 7) is 6.79. The third kappa shape index (κ3) is 3.05. The second-order valence-corrected chi connectivity index (χ2v) is 6.63. The Morgan fingerprint density at radius 1 is 1.32 bits per heavy atom. The smallest absolute Gasteiger partial charge is 0.336 e. The van der Waals surface area contributed by atoms with E-state index in [1.54, 1.807) is 52.0 Å². The summed E-state index contributed by atoms with van der Waals surface area (Å²) >= 11 is 0. The van der Waals surface area contributed by atoms with Crippen LogP contribution in [0, 0.1) is 0 Å². The van der Waals surface area contributed by atoms with E-state index in [0.29, 0.717) is 27.9 Å². The molecule has 1 N–H and O–H groups in total. The summed E-state index contributed by atoms with van der Waals surface area (Å²) in [5.74, 6) is -0.0540. The van der Waals surface area contributed by atoms with Gasteiger partial charge in [-0.1, -0.05) is 6.08 Å². The molecule has 0 aliphatic carbocycles. The summed E-state index contributed by atoms with van der Waals surface area (Å²) in [7, 11) is 0. The van der Waals surface area contributed by atoms with Gasteiger partial charge in [0.15, 0.2) is 6.10 Å². The molecule has 1 aromatic heterocycles. The average molecular weight is 344 g/mol. The standard InChI is InChI=1S/C19H20O6/c1-5-10(2)18(22)25-19(3,4)17-16(21)12-8-11-6-7-15(20)23-13(11)9-14(12)24-17/h5-9,16-17,21H,1-4H3/t16-,17-/m0/s1. The molecule has 2 heterocycles. The van der Waals surface area contributed by atoms with Gasteiger partial charge in [0.25, 0.3) is 0 Å². The predicted octanol–water partition coefficient (Wildman–Crippen LogP) is 2.88. The van der Waals surface area contributed by atoms with Gasteiger partial charge < -0.3 is 19.0 Å². The Morgan fingerprint density at radius 3 is 2.72 bits per heavy atom. The van der Waals surface area contributed by atoms with Crippen LogP contribution in [-0.4, -0.2) is 22.8 Å². The number of rotatable bonds is 3. The molecule has 0 unspecified atom stereocenters. The number of ether oxygens (including phenoxy) is 2. The molecular weight excluding hydrogens is 324 g/mol. The van der Waals surface area contributed by atoms with Crippen molar-refractivity contribution in [1.82, 2.24) is 0 Å². The Balaban J connectivity index is 1.93. The van der Waals surface area contributed by atoms with Crippen molar-refractivity contribution in [3.05, 3.63) is 51.9 Å². The number of fused-ring (bicyclic) bond motifs is 2. The minimum atomic E-state index is -1.06. The number of allylic oxidation sites excluding steroid dienone is 1. The lowest BCUT2D eigenvalue weighted by Crippen LogP contribution is -2.45. The fourth-order valence-corrected chi connectivity index (χ4v) is 2.83. The first-order chi connectivity index (χ1) is 11.7. The van der Waals surface area contributed by atoms with E-state index < -0.39 is 29.4 Å². The summed E-state index contributed by atoms with van der Waals surface area (Å²) in [5, 5.41) is 11.4. The first-order valence-corrected chi connectivity index (χ1v) is 8.01. The largest absolute Gasteiger partial charge is 0.483 e. The van der Waals surface area contributed by atoms with Crippen molar-refractivity contribution in [1.29, 1.82) is 0 Å². The van der Waals surface area contributed by atoms with Crippen LogP contribution in [0.3, 0.4) is 0 Å². The van der Waals surface area contributed by atoms with Gasteiger partial charge in [-0.3, -0.25) is 0 Å². The second-order valence-electron chi connectivity index (χ2n) is 6.63. The predicted molar refractivity (Wildman–Crippen MR) is 91.5 cm³/mol. The Hall–Kier alpha value is -2.60. The molecule has 2 atom stereocenters. The number of aliphatic hydroxyl groups excluding tert-OH is 1. The van der Waals surface area contributed by atoms with Crippen molar-refractivity contribution in [3.63, 3.8) is 0 Å². The van der Waals surface area contributed by atoms with Crippen molar-refractivity contribution in [2.24, 2.45) is 0 Å². The first-order valence-electron chi connectivity index (χ1n) is 8.01. The highest BCUT2D eigenvalue weighted by atomic mass is 16.6. The normalized spacial score (nSPS) is 20.3. The zero-order valence-electron chi connectivity index (χ0n) is 14.5. The third-order valence-electron chi connectivity index (χ3n) is 4.41. The Morgan fingerprint density at radius 2 is 2.04 bits per heavy atom. The van der Waals surface area contributed by atoms with Gasteiger partial charge in [0.2, 0.25) is 0 Å². The van der Waals surface area contributed by atoms with Gasteiger partial charge in [-0.15, -0.1) is 0 Å². The highest BCUT2D eigenvalue weighted by molar-refractivity contribution is 5.88. The number of hydrogen-bond donors (Lipinski definition) is 1. The molecule has 0 bridgehead atoms. The molecule has 0 fully saturated rings. The molecule has 6 heteroatoms. The highest BCUT2D eigenvalue weighted by Gasteiger charge is 2.46. The maximum atomic E-state index is 12.1. The van der Waals surface area contributed by atoms with Crippen LogP contribution >= 0.6 is 0 Å². The Bertz CT molecular complexity index is 921. The van der Waals surface area contributed by atoms with Gasteiger partial charge in [0, 0.05) is 28.7 Å². The molecule has 25 heavy (non-hydrogen) atoms. The summed E-state index contributed by atoms with van der Waals surface area (Å²) in [4.78, 5) is 23.4. The molecule has 2 aromatic rings. The number of esters is 1. The molecule has 3 rings (SSSR count). The first kappa shape index (κ1) is 17.2. The molecule has 0 amide bonds. The second kappa shape index (κ2) is 6.04. The molecule has 0 saturated heterocycles. The van der Waals surface area contributed by atoms with E-state index in [0.717, 1.165) is 0 Å². The third-order valence-corrected chi connectivity index (χ3v) is 4.41. The van der Waals surface area contributed by atoms with Gasteiger partial charge in [0.1, 0.15) is 23.0 Å². The average Bonchev–Trinajstić information content (AvgIpc) is 2.88. The van der Waals surface area contributed by atoms with Crippen LogP contribution in [0.15, 0.2) is 45.1 Å². The van der Waals surface area contributed by atoms with Crippen molar-refractivity contribution < 1.29 is 23.8 Å². The molecule has 1 aliphatic rings. The van der Waals surface area contributed by atoms with E-state index >= 15 is 0 Å². The van der Waals surface area contributed by atoms with Crippen LogP contribution in [0.4, 0.5) is 0 Å². The van der Waals surface area contributed by atoms with Crippen molar-refractivity contribution in [2.75, 3.05) is 0 Å². The zero-order valence-corrected chi connectivity index (χ0v) is 14.5. The van der Waals surface area contributed by atoms with E-state index in [4.69, 9.17) is 13.9 Å². The van der Waals surface area contributed by atoms with Crippen LogP contribution in [-0.2, 0) is 9.53 Å². The van der Waals surface area contributed by atoms with E-state index in [-0.39, 0.29) is 0 Å². The quantitative estimate of drug-likeness (QED) is 0.523. The van der Waals surface area contributed by atoms with Crippen molar-refractivity contribution in [3.8, 4) is 5.75 Å². The van der Waals surface area contributed by atoms with E-state index in [9.17, 15) is 14.7 Å². The molecule has 0 saturated carbocycles. The molecule has 1 aromatic carbocycles. The van der Waals surface area contributed by atoms with Gasteiger partial charge in [-0.25, -0.2) is 9.59 Å². The molecule has 0 radical (unpaired) electrons. The fourth-order valence-electron chi connectivity index (χ4n) is 2.83. The SMILES string of the molecule is CC=C(C)C(=O)OC(C)(C)[C@H]1Oc2cc3oc(=O)ccc3cc2[C@@H]1O. The van der Waals surface area contributed by atoms with Gasteiger partial charge >= 0.3 is 11.6 Å². The van der Waals surface area contributed by atoms with Crippen LogP contribution < -0.4 is 10.4 Å². The summed E-state index contributed by atoms with van der Waals surface area (Å²) in [5.41, 5.74) is -0.103. The van der Waals surface area contributed by atoms with Crippen LogP contribution in [0.1, 0.15) is 39.4 Å². The number of hydrogen-bond acceptors (Lipinski definition) is 6. The highest BCUT2D eigenvalue weighted by Crippen LogP contribution is 2.43. The monoisotopic (exact) mass is 344 g/mol. The van der Waals surface area contributed by atoms with E-state index in [2.05, 4.69) is 0 Å². The molecule has 132 valence electrons. The number of aliphatic hydroxyl groups is 1. The van der Waals surface area contributed by atoms with Crippen LogP contribution in [0.25, 0.3) is 11.0 Å². The van der Waals surface area contributed by atoms with E-state index in [1.807, 2.05) is 0 Å². The van der Waals surface area contributed by atoms with Crippen LogP contribution in [0.2, 0.25) is 0 Å². The minimum absolute atomic E-state index is 0.374. The number of carbonyl (C=O) groups excluding carboxylic acids is 1. The molecule has 0 spiro atoms. The molecule has 6 nitrogen and oxygen atoms in total. The van der Waals surface area contributed by atoms with Gasteiger partial charge in [0.05, 0.1) is 0 Å². The lowest BCUT2D eigenvalue weighted by molar-refractivity contribution is -0.165. The van der Waals surface area contributed by atoms with Crippen LogP contribution in [0.5, 0.6) is 5.75 Å². The lowest BCUT2D eigenvalue weighted by atomic mass is 9.93.